The van der Waals surface area contributed by atoms with E-state index in [1.165, 1.54) is 12.8 Å². The lowest BCUT2D eigenvalue weighted by molar-refractivity contribution is -0.137. The van der Waals surface area contributed by atoms with Gasteiger partial charge in [0.05, 0.1) is 23.5 Å². The molecule has 1 aliphatic heterocycles. The molecule has 4 rings (SSSR count). The molecule has 7 nitrogen and oxygen atoms in total. The van der Waals surface area contributed by atoms with E-state index < -0.39 is 34.8 Å². The maximum Gasteiger partial charge on any atom is 0.416 e. The van der Waals surface area contributed by atoms with Crippen molar-refractivity contribution in [3.63, 3.8) is 0 Å². The van der Waals surface area contributed by atoms with Gasteiger partial charge in [0, 0.05) is 25.8 Å². The van der Waals surface area contributed by atoms with E-state index in [2.05, 4.69) is 4.98 Å². The largest absolute Gasteiger partial charge is 0.416 e. The maximum atomic E-state index is 13.1. The lowest BCUT2D eigenvalue weighted by Crippen LogP contribution is -2.45. The van der Waals surface area contributed by atoms with Gasteiger partial charge in [0.1, 0.15) is 5.82 Å². The second-order valence-corrected chi connectivity index (χ2v) is 8.89. The molecule has 11 heteroatoms. The number of imidazole rings is 1. The average molecular weight is 456 g/mol. The van der Waals surface area contributed by atoms with Crippen LogP contribution in [-0.2, 0) is 28.8 Å². The maximum absolute atomic E-state index is 13.1. The first-order valence-electron chi connectivity index (χ1n) is 10.1. The molecule has 2 heterocycles. The van der Waals surface area contributed by atoms with Gasteiger partial charge in [-0.25, -0.2) is 13.5 Å². The lowest BCUT2D eigenvalue weighted by atomic mass is 9.97. The highest BCUT2D eigenvalue weighted by Crippen LogP contribution is 2.33. The number of carbonyl (C=O) groups is 1. The minimum absolute atomic E-state index is 0.0512. The summed E-state index contributed by atoms with van der Waals surface area (Å²) in [6.45, 7) is 1.97. The van der Waals surface area contributed by atoms with Gasteiger partial charge in [0.2, 0.25) is 5.91 Å². The molecule has 2 atom stereocenters. The Kier molecular flexibility index (Phi) is 6.07. The van der Waals surface area contributed by atoms with Gasteiger partial charge in [-0.3, -0.25) is 9.35 Å². The summed E-state index contributed by atoms with van der Waals surface area (Å²) in [7, 11) is 0. The molecule has 2 fully saturated rings. The quantitative estimate of drug-likeness (QED) is 0.671. The lowest BCUT2D eigenvalue weighted by Gasteiger charge is -2.34. The number of hydrogen-bond acceptors (Lipinski definition) is 4. The Morgan fingerprint density at radius 1 is 1.23 bits per heavy atom. The first kappa shape index (κ1) is 21.8. The number of halogens is 3. The van der Waals surface area contributed by atoms with Crippen LogP contribution in [0.5, 0.6) is 0 Å². The van der Waals surface area contributed by atoms with Gasteiger partial charge in [-0.1, -0.05) is 0 Å². The molecular weight excluding hydrogens is 433 g/mol. The first-order valence-corrected chi connectivity index (χ1v) is 11.2. The third-order valence-electron chi connectivity index (χ3n) is 5.67. The first-order chi connectivity index (χ1) is 14.7. The topological polar surface area (TPSA) is 78.7 Å². The SMILES string of the molecule is O=C([C@@H]1CCCN(c2cn(CC3CC3)cn2)C1)N(c1ccc(C(F)(F)F)cc1)S(=O)O. The number of nitrogens with zero attached hydrogens (tertiary/aromatic N) is 4. The molecule has 1 aliphatic carbocycles. The molecule has 1 saturated carbocycles. The molecule has 2 aromatic rings. The Morgan fingerprint density at radius 3 is 2.55 bits per heavy atom. The number of alkyl halides is 3. The molecule has 0 radical (unpaired) electrons. The number of hydrogen-bond donors (Lipinski definition) is 1. The van der Waals surface area contributed by atoms with Gasteiger partial charge in [0.15, 0.2) is 0 Å². The molecule has 0 spiro atoms. The van der Waals surface area contributed by atoms with Gasteiger partial charge in [-0.15, -0.1) is 0 Å². The van der Waals surface area contributed by atoms with Crippen molar-refractivity contribution in [2.24, 2.45) is 11.8 Å². The fraction of sp³-hybridized carbons (Fsp3) is 0.500. The molecule has 1 aromatic heterocycles. The van der Waals surface area contributed by atoms with Crippen LogP contribution in [0.25, 0.3) is 0 Å². The Morgan fingerprint density at radius 2 is 1.94 bits per heavy atom. The van der Waals surface area contributed by atoms with Crippen molar-refractivity contribution in [2.45, 2.75) is 38.4 Å². The summed E-state index contributed by atoms with van der Waals surface area (Å²) in [5.41, 5.74) is -0.942. The van der Waals surface area contributed by atoms with Crippen LogP contribution < -0.4 is 9.21 Å². The number of carbonyl (C=O) groups excluding carboxylic acids is 1. The number of aromatic nitrogens is 2. The summed E-state index contributed by atoms with van der Waals surface area (Å²) >= 11 is -2.70. The highest BCUT2D eigenvalue weighted by Gasteiger charge is 2.35. The summed E-state index contributed by atoms with van der Waals surface area (Å²) < 4.78 is 62.7. The summed E-state index contributed by atoms with van der Waals surface area (Å²) in [5.74, 6) is 0.294. The van der Waals surface area contributed by atoms with Crippen molar-refractivity contribution in [1.82, 2.24) is 9.55 Å². The predicted octanol–water partition coefficient (Wildman–Crippen LogP) is 3.70. The second kappa shape index (κ2) is 8.62. The van der Waals surface area contributed by atoms with E-state index in [4.69, 9.17) is 0 Å². The predicted molar refractivity (Wildman–Crippen MR) is 110 cm³/mol. The summed E-state index contributed by atoms with van der Waals surface area (Å²) in [6, 6.07) is 3.66. The molecule has 1 saturated heterocycles. The van der Waals surface area contributed by atoms with Crippen LogP contribution in [0.3, 0.4) is 0 Å². The zero-order valence-electron chi connectivity index (χ0n) is 16.7. The van der Waals surface area contributed by atoms with E-state index in [-0.39, 0.29) is 5.69 Å². The molecule has 0 bridgehead atoms. The van der Waals surface area contributed by atoms with Crippen molar-refractivity contribution in [3.05, 3.63) is 42.4 Å². The number of anilines is 2. The van der Waals surface area contributed by atoms with Crippen LogP contribution in [0.15, 0.2) is 36.8 Å². The number of benzene rings is 1. The number of piperidine rings is 1. The van der Waals surface area contributed by atoms with E-state index in [1.54, 1.807) is 6.33 Å². The Hall–Kier alpha value is -2.40. The standard InChI is InChI=1S/C20H23F3N4O3S/c21-20(22,23)16-5-7-17(8-6-16)27(31(29)30)19(28)15-2-1-9-26(11-15)18-12-25(13-24-18)10-14-3-4-14/h5-8,12-15H,1-4,9-11H2,(H,29,30)/t15-/m1/s1. The normalized spacial score (nSPS) is 20.5. The van der Waals surface area contributed by atoms with Crippen LogP contribution in [0.2, 0.25) is 0 Å². The summed E-state index contributed by atoms with van der Waals surface area (Å²) in [5, 5.41) is 0. The average Bonchev–Trinajstić information content (AvgIpc) is 3.42. The molecule has 2 aliphatic rings. The van der Waals surface area contributed by atoms with Crippen LogP contribution in [0.1, 0.15) is 31.2 Å². The van der Waals surface area contributed by atoms with Gasteiger partial charge in [-0.2, -0.15) is 13.2 Å². The highest BCUT2D eigenvalue weighted by molar-refractivity contribution is 7.81. The van der Waals surface area contributed by atoms with Crippen molar-refractivity contribution < 1.29 is 26.7 Å². The molecule has 1 unspecified atom stereocenters. The zero-order valence-corrected chi connectivity index (χ0v) is 17.5. The van der Waals surface area contributed by atoms with Crippen molar-refractivity contribution in [3.8, 4) is 0 Å². The van der Waals surface area contributed by atoms with Crippen molar-refractivity contribution in [2.75, 3.05) is 22.3 Å². The third-order valence-corrected chi connectivity index (χ3v) is 6.37. The van der Waals surface area contributed by atoms with E-state index >= 15 is 0 Å². The van der Waals surface area contributed by atoms with Gasteiger partial charge in [-0.05, 0) is 55.9 Å². The number of rotatable bonds is 6. The summed E-state index contributed by atoms with van der Waals surface area (Å²) in [4.78, 5) is 19.5. The van der Waals surface area contributed by atoms with Crippen molar-refractivity contribution >= 4 is 28.7 Å². The van der Waals surface area contributed by atoms with Crippen LogP contribution in [0, 0.1) is 11.8 Å². The van der Waals surface area contributed by atoms with E-state index in [0.717, 1.165) is 36.6 Å². The Balaban J connectivity index is 1.48. The molecule has 1 N–H and O–H groups in total. The van der Waals surface area contributed by atoms with Gasteiger partial charge < -0.3 is 9.47 Å². The van der Waals surface area contributed by atoms with E-state index in [1.807, 2.05) is 15.7 Å². The molecule has 1 aromatic carbocycles. The molecule has 31 heavy (non-hydrogen) atoms. The summed E-state index contributed by atoms with van der Waals surface area (Å²) in [6.07, 6.45) is 2.87. The van der Waals surface area contributed by atoms with E-state index in [9.17, 15) is 26.7 Å². The molecule has 1 amide bonds. The second-order valence-electron chi connectivity index (χ2n) is 8.07. The highest BCUT2D eigenvalue weighted by atomic mass is 32.2. The van der Waals surface area contributed by atoms with Crippen LogP contribution >= 0.6 is 0 Å². The van der Waals surface area contributed by atoms with Gasteiger partial charge >= 0.3 is 6.18 Å². The third kappa shape index (κ3) is 5.09. The minimum atomic E-state index is -4.53. The van der Waals surface area contributed by atoms with E-state index in [0.29, 0.717) is 36.2 Å². The van der Waals surface area contributed by atoms with Crippen LogP contribution in [0.4, 0.5) is 24.7 Å². The van der Waals surface area contributed by atoms with Crippen molar-refractivity contribution in [1.29, 1.82) is 0 Å². The fourth-order valence-corrected chi connectivity index (χ4v) is 4.45. The monoisotopic (exact) mass is 456 g/mol. The Labute approximate surface area is 180 Å². The molecule has 168 valence electrons. The molecular formula is C20H23F3N4O3S. The van der Waals surface area contributed by atoms with Gasteiger partial charge in [0.25, 0.3) is 11.3 Å². The Bertz CT molecular complexity index is 959. The zero-order chi connectivity index (χ0) is 22.2. The van der Waals surface area contributed by atoms with Crippen LogP contribution in [-0.4, -0.2) is 37.3 Å². The minimum Gasteiger partial charge on any atom is -0.355 e. The number of amides is 1. The fourth-order valence-electron chi connectivity index (χ4n) is 3.84. The smallest absolute Gasteiger partial charge is 0.355 e.